The van der Waals surface area contributed by atoms with Gasteiger partial charge in [0.1, 0.15) is 11.9 Å². The van der Waals surface area contributed by atoms with Crippen LogP contribution in [0.4, 0.5) is 0 Å². The van der Waals surface area contributed by atoms with Crippen molar-refractivity contribution < 1.29 is 14.3 Å². The minimum atomic E-state index is -0.129. The number of fused-ring (bicyclic) bond motifs is 5. The lowest BCUT2D eigenvalue weighted by atomic mass is 9.45. The fraction of sp³-hybridized carbons (Fsp3) is 0.905. The van der Waals surface area contributed by atoms with Crippen molar-refractivity contribution in [2.75, 3.05) is 0 Å². The van der Waals surface area contributed by atoms with Gasteiger partial charge in [-0.3, -0.25) is 9.59 Å². The molecule has 0 aliphatic heterocycles. The Morgan fingerprint density at radius 2 is 1.83 bits per heavy atom. The van der Waals surface area contributed by atoms with E-state index in [4.69, 9.17) is 4.74 Å². The number of Topliss-reactive ketones (excluding diaryl/α,β-unsaturated/α-hetero) is 1. The summed E-state index contributed by atoms with van der Waals surface area (Å²) in [6.45, 7) is 6.30. The van der Waals surface area contributed by atoms with Crippen LogP contribution in [0.15, 0.2) is 0 Å². The summed E-state index contributed by atoms with van der Waals surface area (Å²) < 4.78 is 5.54. The average molecular weight is 332 g/mol. The molecule has 4 rings (SSSR count). The number of carbonyl (C=O) groups excluding carboxylic acids is 2. The van der Waals surface area contributed by atoms with Gasteiger partial charge in [0.25, 0.3) is 0 Å². The number of hydrogen-bond donors (Lipinski definition) is 0. The predicted molar refractivity (Wildman–Crippen MR) is 92.3 cm³/mol. The van der Waals surface area contributed by atoms with Gasteiger partial charge in [0, 0.05) is 18.8 Å². The number of rotatable bonds is 1. The first kappa shape index (κ1) is 16.6. The molecule has 0 bridgehead atoms. The van der Waals surface area contributed by atoms with Gasteiger partial charge >= 0.3 is 5.97 Å². The summed E-state index contributed by atoms with van der Waals surface area (Å²) in [6, 6.07) is 0. The smallest absolute Gasteiger partial charge is 0.302 e. The van der Waals surface area contributed by atoms with Gasteiger partial charge in [-0.1, -0.05) is 13.8 Å². The molecular formula is C21H32O3. The van der Waals surface area contributed by atoms with E-state index in [0.717, 1.165) is 43.9 Å². The Kier molecular flexibility index (Phi) is 3.85. The minimum absolute atomic E-state index is 0.0146. The molecule has 1 unspecified atom stereocenters. The van der Waals surface area contributed by atoms with Crippen LogP contribution in [0.1, 0.15) is 78.6 Å². The van der Waals surface area contributed by atoms with Gasteiger partial charge < -0.3 is 4.74 Å². The van der Waals surface area contributed by atoms with Crippen molar-refractivity contribution in [3.63, 3.8) is 0 Å². The van der Waals surface area contributed by atoms with Crippen molar-refractivity contribution >= 4 is 11.8 Å². The van der Waals surface area contributed by atoms with Crippen molar-refractivity contribution in [2.24, 2.45) is 34.5 Å². The molecule has 0 aromatic heterocycles. The maximum Gasteiger partial charge on any atom is 0.302 e. The van der Waals surface area contributed by atoms with Gasteiger partial charge in [-0.2, -0.15) is 0 Å². The average Bonchev–Trinajstić information content (AvgIpc) is 2.83. The summed E-state index contributed by atoms with van der Waals surface area (Å²) in [5.41, 5.74) is 0.381. The van der Waals surface area contributed by atoms with E-state index >= 15 is 0 Å². The van der Waals surface area contributed by atoms with Crippen molar-refractivity contribution in [1.29, 1.82) is 0 Å². The topological polar surface area (TPSA) is 43.4 Å². The van der Waals surface area contributed by atoms with E-state index in [2.05, 4.69) is 13.8 Å². The van der Waals surface area contributed by atoms with E-state index in [0.29, 0.717) is 23.0 Å². The standard InChI is InChI=1S/C21H32O3/c1-13(22)24-15-8-10-20(2)14(12-15)4-5-16-17-6-7-19(23)21(17,3)11-9-18(16)20/h14-18H,4-12H2,1-3H3/t14-,15-,16-,17-,18-,20-,21?/m0/s1. The van der Waals surface area contributed by atoms with Crippen LogP contribution in [-0.2, 0) is 14.3 Å². The van der Waals surface area contributed by atoms with Crippen molar-refractivity contribution in [3.8, 4) is 0 Å². The lowest BCUT2D eigenvalue weighted by Crippen LogP contribution is -2.54. The van der Waals surface area contributed by atoms with Crippen LogP contribution < -0.4 is 0 Å². The van der Waals surface area contributed by atoms with Gasteiger partial charge in [-0.05, 0) is 80.5 Å². The first-order valence-electron chi connectivity index (χ1n) is 10.0. The van der Waals surface area contributed by atoms with Gasteiger partial charge in [-0.25, -0.2) is 0 Å². The van der Waals surface area contributed by atoms with E-state index < -0.39 is 0 Å². The van der Waals surface area contributed by atoms with Gasteiger partial charge in [0.2, 0.25) is 0 Å². The second kappa shape index (κ2) is 5.57. The number of carbonyl (C=O) groups is 2. The third kappa shape index (κ3) is 2.29. The molecule has 0 N–H and O–H groups in total. The molecule has 4 aliphatic rings. The summed E-state index contributed by atoms with van der Waals surface area (Å²) in [5.74, 6) is 3.26. The van der Waals surface area contributed by atoms with Crippen LogP contribution in [0.3, 0.4) is 0 Å². The molecule has 0 spiro atoms. The molecule has 4 fully saturated rings. The first-order valence-corrected chi connectivity index (χ1v) is 10.0. The van der Waals surface area contributed by atoms with Crippen molar-refractivity contribution in [3.05, 3.63) is 0 Å². The molecule has 134 valence electrons. The fourth-order valence-electron chi connectivity index (χ4n) is 7.33. The lowest BCUT2D eigenvalue weighted by Gasteiger charge is -2.60. The van der Waals surface area contributed by atoms with E-state index in [9.17, 15) is 9.59 Å². The van der Waals surface area contributed by atoms with Gasteiger partial charge in [0.15, 0.2) is 0 Å². The summed E-state index contributed by atoms with van der Waals surface area (Å²) in [6.07, 6.45) is 10.2. The third-order valence-corrected chi connectivity index (χ3v) is 8.66. The highest BCUT2D eigenvalue weighted by molar-refractivity contribution is 5.87. The van der Waals surface area contributed by atoms with Crippen molar-refractivity contribution in [2.45, 2.75) is 84.7 Å². The molecule has 0 heterocycles. The quantitative estimate of drug-likeness (QED) is 0.663. The molecule has 0 saturated heterocycles. The lowest BCUT2D eigenvalue weighted by molar-refractivity contribution is -0.160. The molecule has 0 amide bonds. The summed E-state index contributed by atoms with van der Waals surface area (Å²) in [4.78, 5) is 23.8. The molecule has 0 radical (unpaired) electrons. The molecule has 7 atom stereocenters. The van der Waals surface area contributed by atoms with Crippen LogP contribution in [-0.4, -0.2) is 17.9 Å². The van der Waals surface area contributed by atoms with Crippen LogP contribution >= 0.6 is 0 Å². The van der Waals surface area contributed by atoms with E-state index in [1.807, 2.05) is 0 Å². The number of esters is 1. The van der Waals surface area contributed by atoms with Crippen molar-refractivity contribution in [1.82, 2.24) is 0 Å². The number of hydrogen-bond acceptors (Lipinski definition) is 3. The molecule has 0 aromatic rings. The Hall–Kier alpha value is -0.860. The molecule has 3 heteroatoms. The Balaban J connectivity index is 1.54. The highest BCUT2D eigenvalue weighted by atomic mass is 16.5. The SMILES string of the molecule is CC(=O)O[C@H]1CC[C@@]2(C)[C@@H](CC[C@H]3[C@@H]4CCC(=O)C4(C)CC[C@@H]32)C1. The van der Waals surface area contributed by atoms with E-state index in [1.165, 1.54) is 32.6 Å². The Morgan fingerprint density at radius 1 is 1.04 bits per heavy atom. The summed E-state index contributed by atoms with van der Waals surface area (Å²) >= 11 is 0. The third-order valence-electron chi connectivity index (χ3n) is 8.66. The molecular weight excluding hydrogens is 300 g/mol. The Labute approximate surface area is 145 Å². The molecule has 24 heavy (non-hydrogen) atoms. The minimum Gasteiger partial charge on any atom is -0.463 e. The zero-order valence-corrected chi connectivity index (χ0v) is 15.5. The van der Waals surface area contributed by atoms with Crippen LogP contribution in [0.2, 0.25) is 0 Å². The highest BCUT2D eigenvalue weighted by Gasteiger charge is 2.60. The fourth-order valence-corrected chi connectivity index (χ4v) is 7.33. The number of ether oxygens (including phenoxy) is 1. The monoisotopic (exact) mass is 332 g/mol. The van der Waals surface area contributed by atoms with Gasteiger partial charge in [-0.15, -0.1) is 0 Å². The number of ketones is 1. The predicted octanol–water partition coefficient (Wildman–Crippen LogP) is 4.53. The van der Waals surface area contributed by atoms with Crippen LogP contribution in [0.25, 0.3) is 0 Å². The summed E-state index contributed by atoms with van der Waals surface area (Å²) in [7, 11) is 0. The zero-order chi connectivity index (χ0) is 17.1. The van der Waals surface area contributed by atoms with Crippen LogP contribution in [0.5, 0.6) is 0 Å². The summed E-state index contributed by atoms with van der Waals surface area (Å²) in [5, 5.41) is 0. The molecule has 0 aromatic carbocycles. The molecule has 4 aliphatic carbocycles. The second-order valence-electron chi connectivity index (χ2n) is 9.58. The molecule has 3 nitrogen and oxygen atoms in total. The van der Waals surface area contributed by atoms with Gasteiger partial charge in [0.05, 0.1) is 0 Å². The largest absolute Gasteiger partial charge is 0.463 e. The second-order valence-corrected chi connectivity index (χ2v) is 9.58. The van der Waals surface area contributed by atoms with E-state index in [-0.39, 0.29) is 17.5 Å². The maximum absolute atomic E-state index is 12.5. The normalized spacial score (nSPS) is 50.6. The zero-order valence-electron chi connectivity index (χ0n) is 15.5. The maximum atomic E-state index is 12.5. The highest BCUT2D eigenvalue weighted by Crippen LogP contribution is 2.65. The Bertz CT molecular complexity index is 555. The van der Waals surface area contributed by atoms with Crippen LogP contribution in [0, 0.1) is 34.5 Å². The first-order chi connectivity index (χ1) is 11.3. The van der Waals surface area contributed by atoms with E-state index in [1.54, 1.807) is 0 Å². The molecule has 4 saturated carbocycles. The Morgan fingerprint density at radius 3 is 2.58 bits per heavy atom.